The SMILES string of the molecule is CNCc1ccc(S(=O)(=O)NCCc2cscn2)cc1Cl. The molecule has 0 bridgehead atoms. The number of benzene rings is 1. The van der Waals surface area contributed by atoms with Crippen LogP contribution >= 0.6 is 22.9 Å². The summed E-state index contributed by atoms with van der Waals surface area (Å²) in [5, 5.41) is 5.31. The van der Waals surface area contributed by atoms with Crippen LogP contribution in [0.1, 0.15) is 11.3 Å². The predicted molar refractivity (Wildman–Crippen MR) is 85.2 cm³/mol. The number of aromatic nitrogens is 1. The highest BCUT2D eigenvalue weighted by atomic mass is 35.5. The fourth-order valence-electron chi connectivity index (χ4n) is 1.79. The Morgan fingerprint density at radius 2 is 2.19 bits per heavy atom. The van der Waals surface area contributed by atoms with Gasteiger partial charge in [0.1, 0.15) is 0 Å². The van der Waals surface area contributed by atoms with E-state index in [0.29, 0.717) is 24.5 Å². The van der Waals surface area contributed by atoms with Gasteiger partial charge in [0.25, 0.3) is 0 Å². The highest BCUT2D eigenvalue weighted by Gasteiger charge is 2.15. The summed E-state index contributed by atoms with van der Waals surface area (Å²) in [5.41, 5.74) is 3.47. The quantitative estimate of drug-likeness (QED) is 0.805. The molecule has 8 heteroatoms. The van der Waals surface area contributed by atoms with Crippen molar-refractivity contribution in [3.05, 3.63) is 45.4 Å². The van der Waals surface area contributed by atoms with Gasteiger partial charge in [0.15, 0.2) is 0 Å². The number of halogens is 1. The Labute approximate surface area is 133 Å². The Bertz CT molecular complexity index is 687. The molecule has 0 aliphatic carbocycles. The van der Waals surface area contributed by atoms with Gasteiger partial charge >= 0.3 is 0 Å². The summed E-state index contributed by atoms with van der Waals surface area (Å²) in [6, 6.07) is 4.75. The van der Waals surface area contributed by atoms with Gasteiger partial charge in [0, 0.05) is 29.9 Å². The smallest absolute Gasteiger partial charge is 0.240 e. The normalized spacial score (nSPS) is 11.7. The zero-order chi connectivity index (χ0) is 15.3. The number of nitrogens with zero attached hydrogens (tertiary/aromatic N) is 1. The highest BCUT2D eigenvalue weighted by molar-refractivity contribution is 7.89. The lowest BCUT2D eigenvalue weighted by molar-refractivity contribution is 0.581. The van der Waals surface area contributed by atoms with E-state index in [-0.39, 0.29) is 4.90 Å². The van der Waals surface area contributed by atoms with E-state index in [1.165, 1.54) is 17.4 Å². The number of hydrogen-bond donors (Lipinski definition) is 2. The molecule has 0 saturated heterocycles. The molecule has 0 saturated carbocycles. The van der Waals surface area contributed by atoms with Crippen molar-refractivity contribution in [3.63, 3.8) is 0 Å². The van der Waals surface area contributed by atoms with Gasteiger partial charge in [-0.2, -0.15) is 0 Å². The van der Waals surface area contributed by atoms with Crippen LogP contribution in [0, 0.1) is 0 Å². The standard InChI is InChI=1S/C13H16ClN3O2S2/c1-15-7-10-2-3-12(6-13(10)14)21(18,19)17-5-4-11-8-20-9-16-11/h2-3,6,8-9,15,17H,4-5,7H2,1H3. The maximum absolute atomic E-state index is 12.2. The maximum Gasteiger partial charge on any atom is 0.240 e. The summed E-state index contributed by atoms with van der Waals surface area (Å²) in [7, 11) is -1.74. The van der Waals surface area contributed by atoms with Crippen LogP contribution in [-0.2, 0) is 23.0 Å². The molecule has 0 aliphatic rings. The molecule has 1 aromatic carbocycles. The van der Waals surface area contributed by atoms with E-state index in [4.69, 9.17) is 11.6 Å². The first-order chi connectivity index (χ1) is 10.0. The minimum atomic E-state index is -3.55. The van der Waals surface area contributed by atoms with Crippen molar-refractivity contribution < 1.29 is 8.42 Å². The minimum absolute atomic E-state index is 0.172. The molecule has 0 fully saturated rings. The molecule has 21 heavy (non-hydrogen) atoms. The molecule has 2 aromatic rings. The van der Waals surface area contributed by atoms with E-state index in [2.05, 4.69) is 15.0 Å². The van der Waals surface area contributed by atoms with E-state index in [9.17, 15) is 8.42 Å². The molecule has 0 unspecified atom stereocenters. The average Bonchev–Trinajstić information content (AvgIpc) is 2.94. The Hall–Kier alpha value is -0.990. The van der Waals surface area contributed by atoms with Crippen LogP contribution in [0.15, 0.2) is 34.0 Å². The van der Waals surface area contributed by atoms with Crippen molar-refractivity contribution in [2.45, 2.75) is 17.9 Å². The Morgan fingerprint density at radius 1 is 1.38 bits per heavy atom. The van der Waals surface area contributed by atoms with Crippen LogP contribution < -0.4 is 10.0 Å². The third-order valence-electron chi connectivity index (χ3n) is 2.86. The van der Waals surface area contributed by atoms with Crippen LogP contribution in [0.25, 0.3) is 0 Å². The number of hydrogen-bond acceptors (Lipinski definition) is 5. The van der Waals surface area contributed by atoms with Crippen molar-refractivity contribution in [2.24, 2.45) is 0 Å². The van der Waals surface area contributed by atoms with Crippen LogP contribution in [0.5, 0.6) is 0 Å². The van der Waals surface area contributed by atoms with Crippen molar-refractivity contribution >= 4 is 33.0 Å². The molecule has 1 heterocycles. The van der Waals surface area contributed by atoms with Gasteiger partial charge in [-0.15, -0.1) is 11.3 Å². The molecule has 0 radical (unpaired) electrons. The zero-order valence-corrected chi connectivity index (χ0v) is 13.9. The second-order valence-corrected chi connectivity index (χ2v) is 7.30. The number of thiazole rings is 1. The maximum atomic E-state index is 12.2. The molecule has 1 aromatic heterocycles. The second kappa shape index (κ2) is 7.33. The second-order valence-electron chi connectivity index (χ2n) is 4.41. The van der Waals surface area contributed by atoms with Crippen molar-refractivity contribution in [1.82, 2.24) is 15.0 Å². The van der Waals surface area contributed by atoms with Crippen LogP contribution in [0.2, 0.25) is 5.02 Å². The van der Waals surface area contributed by atoms with Gasteiger partial charge in [-0.3, -0.25) is 0 Å². The molecule has 0 spiro atoms. The van der Waals surface area contributed by atoms with E-state index in [1.807, 2.05) is 5.38 Å². The van der Waals surface area contributed by atoms with E-state index >= 15 is 0 Å². The monoisotopic (exact) mass is 345 g/mol. The first-order valence-electron chi connectivity index (χ1n) is 6.32. The van der Waals surface area contributed by atoms with Crippen LogP contribution in [0.3, 0.4) is 0 Å². The third kappa shape index (κ3) is 4.49. The summed E-state index contributed by atoms with van der Waals surface area (Å²) in [6.45, 7) is 0.901. The summed E-state index contributed by atoms with van der Waals surface area (Å²) in [4.78, 5) is 4.28. The van der Waals surface area contributed by atoms with Gasteiger partial charge in [-0.1, -0.05) is 17.7 Å². The Kier molecular flexibility index (Phi) is 5.72. The fraction of sp³-hybridized carbons (Fsp3) is 0.308. The molecule has 5 nitrogen and oxygen atoms in total. The summed E-state index contributed by atoms with van der Waals surface area (Å²) >= 11 is 7.58. The number of nitrogens with one attached hydrogen (secondary N) is 2. The van der Waals surface area contributed by atoms with Crippen LogP contribution in [-0.4, -0.2) is 27.0 Å². The first-order valence-corrected chi connectivity index (χ1v) is 9.13. The highest BCUT2D eigenvalue weighted by Crippen LogP contribution is 2.20. The van der Waals surface area contributed by atoms with Crippen LogP contribution in [0.4, 0.5) is 0 Å². The molecule has 0 atom stereocenters. The molecule has 0 aliphatic heterocycles. The van der Waals surface area contributed by atoms with Gasteiger partial charge in [-0.05, 0) is 24.7 Å². The number of sulfonamides is 1. The average molecular weight is 346 g/mol. The molecule has 2 rings (SSSR count). The largest absolute Gasteiger partial charge is 0.316 e. The van der Waals surface area contributed by atoms with Crippen molar-refractivity contribution in [1.29, 1.82) is 0 Å². The third-order valence-corrected chi connectivity index (χ3v) is 5.30. The van der Waals surface area contributed by atoms with Gasteiger partial charge < -0.3 is 5.32 Å². The lowest BCUT2D eigenvalue weighted by atomic mass is 10.2. The van der Waals surface area contributed by atoms with Gasteiger partial charge in [-0.25, -0.2) is 18.1 Å². The van der Waals surface area contributed by atoms with E-state index in [1.54, 1.807) is 24.7 Å². The summed E-state index contributed by atoms with van der Waals surface area (Å²) in [5.74, 6) is 0. The lowest BCUT2D eigenvalue weighted by Crippen LogP contribution is -2.26. The van der Waals surface area contributed by atoms with Crippen molar-refractivity contribution in [2.75, 3.05) is 13.6 Å². The molecular weight excluding hydrogens is 330 g/mol. The first kappa shape index (κ1) is 16.4. The van der Waals surface area contributed by atoms with Crippen molar-refractivity contribution in [3.8, 4) is 0 Å². The fourth-order valence-corrected chi connectivity index (χ4v) is 3.75. The predicted octanol–water partition coefficient (Wildman–Crippen LogP) is 2.04. The Balaban J connectivity index is 2.03. The van der Waals surface area contributed by atoms with E-state index in [0.717, 1.165) is 11.3 Å². The van der Waals surface area contributed by atoms with Gasteiger partial charge in [0.2, 0.25) is 10.0 Å². The molecule has 114 valence electrons. The zero-order valence-electron chi connectivity index (χ0n) is 11.5. The van der Waals surface area contributed by atoms with E-state index < -0.39 is 10.0 Å². The summed E-state index contributed by atoms with van der Waals surface area (Å²) < 4.78 is 26.9. The Morgan fingerprint density at radius 3 is 2.81 bits per heavy atom. The molecule has 0 amide bonds. The lowest BCUT2D eigenvalue weighted by Gasteiger charge is -2.09. The molecular formula is C13H16ClN3O2S2. The topological polar surface area (TPSA) is 71.1 Å². The van der Waals surface area contributed by atoms with Gasteiger partial charge in [0.05, 0.1) is 16.1 Å². The molecule has 2 N–H and O–H groups in total. The summed E-state index contributed by atoms with van der Waals surface area (Å²) in [6.07, 6.45) is 0.564. The minimum Gasteiger partial charge on any atom is -0.316 e. The number of rotatable bonds is 7.